The molecule has 2 aromatic heterocycles. The number of hydrogen-bond acceptors (Lipinski definition) is 4. The molecule has 2 N–H and O–H groups in total. The van der Waals surface area contributed by atoms with E-state index >= 15 is 0 Å². The summed E-state index contributed by atoms with van der Waals surface area (Å²) in [5, 5.41) is 2.74. The monoisotopic (exact) mass is 350 g/mol. The van der Waals surface area contributed by atoms with Gasteiger partial charge in [-0.1, -0.05) is 23.8 Å². The largest absolute Gasteiger partial charge is 0.480 e. The second-order valence-corrected chi connectivity index (χ2v) is 6.34. The molecule has 6 heteroatoms. The number of nitrogens with one attached hydrogen (secondary N) is 2. The molecule has 0 fully saturated rings. The van der Waals surface area contributed by atoms with E-state index < -0.39 is 6.10 Å². The second-order valence-electron chi connectivity index (χ2n) is 6.34. The standard InChI is InChI=1S/C20H22N4O2/c1-12-9-13(2)18(14(3)10-12)26-15(4)19(25)24-20-22-11-17(23-20)16-7-5-6-8-21-16/h5-11,15H,1-4H3,(H2,22,23,24,25)/t15-/m0/s1. The lowest BCUT2D eigenvalue weighted by molar-refractivity contribution is -0.122. The third-order valence-electron chi connectivity index (χ3n) is 4.03. The first kappa shape index (κ1) is 17.7. The average molecular weight is 350 g/mol. The summed E-state index contributed by atoms with van der Waals surface area (Å²) >= 11 is 0. The fourth-order valence-electron chi connectivity index (χ4n) is 2.84. The van der Waals surface area contributed by atoms with Crippen LogP contribution in [0.3, 0.4) is 0 Å². The molecule has 6 nitrogen and oxygen atoms in total. The normalized spacial score (nSPS) is 11.8. The lowest BCUT2D eigenvalue weighted by Crippen LogP contribution is -2.31. The minimum absolute atomic E-state index is 0.272. The molecule has 134 valence electrons. The van der Waals surface area contributed by atoms with Crippen LogP contribution in [0.2, 0.25) is 0 Å². The van der Waals surface area contributed by atoms with Gasteiger partial charge in [0.1, 0.15) is 5.75 Å². The number of amides is 1. The molecule has 0 unspecified atom stereocenters. The molecule has 0 spiro atoms. The van der Waals surface area contributed by atoms with Crippen LogP contribution in [-0.2, 0) is 4.79 Å². The fraction of sp³-hybridized carbons (Fsp3) is 0.250. The van der Waals surface area contributed by atoms with Crippen molar-refractivity contribution in [2.24, 2.45) is 0 Å². The first-order valence-corrected chi connectivity index (χ1v) is 8.46. The zero-order valence-electron chi connectivity index (χ0n) is 15.3. The van der Waals surface area contributed by atoms with Crippen LogP contribution in [-0.4, -0.2) is 27.0 Å². The number of hydrogen-bond donors (Lipinski definition) is 2. The number of aryl methyl sites for hydroxylation is 3. The molecule has 2 heterocycles. The van der Waals surface area contributed by atoms with Gasteiger partial charge in [0.2, 0.25) is 5.95 Å². The van der Waals surface area contributed by atoms with Gasteiger partial charge in [-0.25, -0.2) is 4.98 Å². The summed E-state index contributed by atoms with van der Waals surface area (Å²) in [4.78, 5) is 23.9. The van der Waals surface area contributed by atoms with E-state index in [0.717, 1.165) is 28.3 Å². The Labute approximate surface area is 152 Å². The SMILES string of the molecule is Cc1cc(C)c(O[C@@H](C)C(=O)Nc2ncc(-c3ccccn3)[nH]2)c(C)c1. The number of imidazole rings is 1. The van der Waals surface area contributed by atoms with E-state index in [2.05, 4.69) is 20.3 Å². The first-order valence-electron chi connectivity index (χ1n) is 8.46. The summed E-state index contributed by atoms with van der Waals surface area (Å²) in [7, 11) is 0. The zero-order chi connectivity index (χ0) is 18.7. The van der Waals surface area contributed by atoms with Gasteiger partial charge in [-0.05, 0) is 51.0 Å². The van der Waals surface area contributed by atoms with Gasteiger partial charge in [0.15, 0.2) is 6.10 Å². The highest BCUT2D eigenvalue weighted by molar-refractivity contribution is 5.92. The summed E-state index contributed by atoms with van der Waals surface area (Å²) in [6.45, 7) is 7.71. The van der Waals surface area contributed by atoms with E-state index in [1.165, 1.54) is 5.56 Å². The average Bonchev–Trinajstić information content (AvgIpc) is 3.07. The van der Waals surface area contributed by atoms with Crippen LogP contribution in [0, 0.1) is 20.8 Å². The van der Waals surface area contributed by atoms with E-state index in [1.54, 1.807) is 19.3 Å². The molecule has 0 saturated carbocycles. The number of pyridine rings is 1. The lowest BCUT2D eigenvalue weighted by Gasteiger charge is -2.18. The van der Waals surface area contributed by atoms with Crippen LogP contribution >= 0.6 is 0 Å². The van der Waals surface area contributed by atoms with Crippen molar-refractivity contribution < 1.29 is 9.53 Å². The van der Waals surface area contributed by atoms with Crippen molar-refractivity contribution in [2.75, 3.05) is 5.32 Å². The molecule has 1 atom stereocenters. The minimum Gasteiger partial charge on any atom is -0.480 e. The minimum atomic E-state index is -0.654. The lowest BCUT2D eigenvalue weighted by atomic mass is 10.1. The molecule has 0 radical (unpaired) electrons. The number of benzene rings is 1. The number of nitrogens with zero attached hydrogens (tertiary/aromatic N) is 2. The van der Waals surface area contributed by atoms with Gasteiger partial charge in [0, 0.05) is 6.20 Å². The Bertz CT molecular complexity index is 896. The van der Waals surface area contributed by atoms with Crippen molar-refractivity contribution in [3.63, 3.8) is 0 Å². The number of aromatic nitrogens is 3. The number of H-pyrrole nitrogens is 1. The molecule has 0 aliphatic rings. The first-order chi connectivity index (χ1) is 12.4. The summed E-state index contributed by atoms with van der Waals surface area (Å²) in [5.41, 5.74) is 4.69. The molecule has 0 aliphatic heterocycles. The number of carbonyl (C=O) groups excluding carboxylic acids is 1. The molecule has 3 aromatic rings. The Morgan fingerprint density at radius 1 is 1.15 bits per heavy atom. The maximum absolute atomic E-state index is 12.4. The molecule has 26 heavy (non-hydrogen) atoms. The predicted molar refractivity (Wildman–Crippen MR) is 101 cm³/mol. The highest BCUT2D eigenvalue weighted by Gasteiger charge is 2.18. The van der Waals surface area contributed by atoms with Gasteiger partial charge in [0.05, 0.1) is 17.6 Å². The van der Waals surface area contributed by atoms with Crippen molar-refractivity contribution in [3.05, 3.63) is 59.4 Å². The molecule has 0 saturated heterocycles. The summed E-state index contributed by atoms with van der Waals surface area (Å²) in [5.74, 6) is 0.835. The van der Waals surface area contributed by atoms with E-state index in [0.29, 0.717) is 5.95 Å². The predicted octanol–water partition coefficient (Wildman–Crippen LogP) is 3.80. The van der Waals surface area contributed by atoms with Gasteiger partial charge in [0.25, 0.3) is 5.91 Å². The number of anilines is 1. The van der Waals surface area contributed by atoms with Crippen LogP contribution in [0.15, 0.2) is 42.7 Å². The van der Waals surface area contributed by atoms with E-state index in [9.17, 15) is 4.79 Å². The van der Waals surface area contributed by atoms with Gasteiger partial charge in [-0.3, -0.25) is 15.1 Å². The Morgan fingerprint density at radius 2 is 1.88 bits per heavy atom. The summed E-state index contributed by atoms with van der Waals surface area (Å²) in [6.07, 6.45) is 2.69. The topological polar surface area (TPSA) is 79.9 Å². The molecule has 1 aromatic carbocycles. The van der Waals surface area contributed by atoms with Crippen LogP contribution in [0.5, 0.6) is 5.75 Å². The van der Waals surface area contributed by atoms with Gasteiger partial charge >= 0.3 is 0 Å². The van der Waals surface area contributed by atoms with Crippen molar-refractivity contribution in [1.29, 1.82) is 0 Å². The zero-order valence-corrected chi connectivity index (χ0v) is 15.3. The summed E-state index contributed by atoms with van der Waals surface area (Å²) in [6, 6.07) is 9.69. The fourth-order valence-corrected chi connectivity index (χ4v) is 2.84. The number of ether oxygens (including phenoxy) is 1. The number of carbonyl (C=O) groups is 1. The van der Waals surface area contributed by atoms with Crippen LogP contribution in [0.4, 0.5) is 5.95 Å². The van der Waals surface area contributed by atoms with E-state index in [4.69, 9.17) is 4.74 Å². The van der Waals surface area contributed by atoms with Gasteiger partial charge in [-0.2, -0.15) is 0 Å². The highest BCUT2D eigenvalue weighted by atomic mass is 16.5. The maximum Gasteiger partial charge on any atom is 0.267 e. The van der Waals surface area contributed by atoms with Crippen molar-refractivity contribution >= 4 is 11.9 Å². The molecule has 1 amide bonds. The second kappa shape index (κ2) is 7.39. The smallest absolute Gasteiger partial charge is 0.267 e. The Kier molecular flexibility index (Phi) is 5.02. The van der Waals surface area contributed by atoms with Crippen LogP contribution in [0.1, 0.15) is 23.6 Å². The van der Waals surface area contributed by atoms with Crippen molar-refractivity contribution in [2.45, 2.75) is 33.8 Å². The van der Waals surface area contributed by atoms with E-state index in [-0.39, 0.29) is 5.91 Å². The van der Waals surface area contributed by atoms with Crippen LogP contribution < -0.4 is 10.1 Å². The van der Waals surface area contributed by atoms with Gasteiger partial charge < -0.3 is 9.72 Å². The molecule has 0 aliphatic carbocycles. The van der Waals surface area contributed by atoms with Crippen LogP contribution in [0.25, 0.3) is 11.4 Å². The van der Waals surface area contributed by atoms with E-state index in [1.807, 2.05) is 51.1 Å². The third-order valence-corrected chi connectivity index (χ3v) is 4.03. The Balaban J connectivity index is 1.68. The quantitative estimate of drug-likeness (QED) is 0.733. The van der Waals surface area contributed by atoms with Gasteiger partial charge in [-0.15, -0.1) is 0 Å². The molecule has 3 rings (SSSR count). The molecular formula is C20H22N4O2. The number of aromatic amines is 1. The third kappa shape index (κ3) is 3.91. The number of rotatable bonds is 5. The summed E-state index contributed by atoms with van der Waals surface area (Å²) < 4.78 is 5.89. The highest BCUT2D eigenvalue weighted by Crippen LogP contribution is 2.26. The molecular weight excluding hydrogens is 328 g/mol. The van der Waals surface area contributed by atoms with Crippen molar-refractivity contribution in [1.82, 2.24) is 15.0 Å². The molecule has 0 bridgehead atoms. The Hall–Kier alpha value is -3.15. The maximum atomic E-state index is 12.4. The Morgan fingerprint density at radius 3 is 2.54 bits per heavy atom. The van der Waals surface area contributed by atoms with Crippen molar-refractivity contribution in [3.8, 4) is 17.1 Å².